The molecule has 1 heteroatoms. The minimum Gasteiger partial charge on any atom is -0.310 e. The van der Waals surface area contributed by atoms with E-state index in [1.54, 1.807) is 0 Å². The summed E-state index contributed by atoms with van der Waals surface area (Å²) >= 11 is 0. The van der Waals surface area contributed by atoms with E-state index in [4.69, 9.17) is 0 Å². The van der Waals surface area contributed by atoms with E-state index in [-0.39, 0.29) is 0 Å². The molecule has 0 spiro atoms. The van der Waals surface area contributed by atoms with E-state index in [9.17, 15) is 0 Å². The number of hydrogen-bond acceptors (Lipinski definition) is 1. The molecule has 0 atom stereocenters. The molecular weight excluding hydrogens is 639 g/mol. The molecule has 0 unspecified atom stereocenters. The highest BCUT2D eigenvalue weighted by molar-refractivity contribution is 5.90. The van der Waals surface area contributed by atoms with Gasteiger partial charge < -0.3 is 4.90 Å². The molecule has 0 N–H and O–H groups in total. The van der Waals surface area contributed by atoms with Crippen molar-refractivity contribution in [2.45, 2.75) is 0 Å². The standard InChI is InChI=1S/C52H37N/c1-4-12-38(13-5-1)40-20-22-41(23-21-40)42-26-30-48(31-27-42)53(49-32-28-43(29-33-49)47-25-24-39-14-10-11-19-46(39)36-47)50-34-35-51(44-15-6-2-7-16-44)52(37-50)45-17-8-3-9-18-45/h1-37H. The van der Waals surface area contributed by atoms with Gasteiger partial charge in [0.25, 0.3) is 0 Å². The number of hydrogen-bond donors (Lipinski definition) is 0. The van der Waals surface area contributed by atoms with Gasteiger partial charge in [0.2, 0.25) is 0 Å². The summed E-state index contributed by atoms with van der Waals surface area (Å²) in [5.41, 5.74) is 15.3. The lowest BCUT2D eigenvalue weighted by Crippen LogP contribution is -2.10. The van der Waals surface area contributed by atoms with E-state index in [2.05, 4.69) is 229 Å². The molecule has 250 valence electrons. The highest BCUT2D eigenvalue weighted by atomic mass is 15.1. The van der Waals surface area contributed by atoms with Crippen molar-refractivity contribution in [2.75, 3.05) is 4.90 Å². The third-order valence-electron chi connectivity index (χ3n) is 10.1. The van der Waals surface area contributed by atoms with Crippen LogP contribution >= 0.6 is 0 Å². The lowest BCUT2D eigenvalue weighted by atomic mass is 9.93. The zero-order valence-electron chi connectivity index (χ0n) is 29.3. The monoisotopic (exact) mass is 675 g/mol. The van der Waals surface area contributed by atoms with Crippen LogP contribution in [0.25, 0.3) is 66.4 Å². The first-order valence-electron chi connectivity index (χ1n) is 18.2. The second kappa shape index (κ2) is 14.3. The Morgan fingerprint density at radius 2 is 0.585 bits per heavy atom. The predicted octanol–water partition coefficient (Wildman–Crippen LogP) is 14.6. The molecule has 0 amide bonds. The average Bonchev–Trinajstić information content (AvgIpc) is 3.25. The number of benzene rings is 9. The summed E-state index contributed by atoms with van der Waals surface area (Å²) in [6.07, 6.45) is 0. The molecule has 0 bridgehead atoms. The van der Waals surface area contributed by atoms with Crippen molar-refractivity contribution in [3.05, 3.63) is 224 Å². The Hall–Kier alpha value is -6.96. The minimum atomic E-state index is 1.10. The molecule has 0 radical (unpaired) electrons. The normalized spacial score (nSPS) is 11.0. The first-order valence-corrected chi connectivity index (χ1v) is 18.2. The molecule has 1 nitrogen and oxygen atoms in total. The number of rotatable bonds is 8. The van der Waals surface area contributed by atoms with Crippen LogP contribution in [0.15, 0.2) is 224 Å². The first kappa shape index (κ1) is 32.0. The van der Waals surface area contributed by atoms with Crippen molar-refractivity contribution in [2.24, 2.45) is 0 Å². The summed E-state index contributed by atoms with van der Waals surface area (Å²) < 4.78 is 0. The first-order chi connectivity index (χ1) is 26.3. The Morgan fingerprint density at radius 3 is 1.13 bits per heavy atom. The van der Waals surface area contributed by atoms with Crippen molar-refractivity contribution in [3.63, 3.8) is 0 Å². The number of fused-ring (bicyclic) bond motifs is 1. The van der Waals surface area contributed by atoms with Gasteiger partial charge >= 0.3 is 0 Å². The van der Waals surface area contributed by atoms with Crippen molar-refractivity contribution in [1.82, 2.24) is 0 Å². The molecule has 53 heavy (non-hydrogen) atoms. The van der Waals surface area contributed by atoms with Crippen LogP contribution in [0.2, 0.25) is 0 Å². The van der Waals surface area contributed by atoms with E-state index in [0.717, 1.165) is 17.1 Å². The minimum absolute atomic E-state index is 1.10. The van der Waals surface area contributed by atoms with Gasteiger partial charge in [-0.2, -0.15) is 0 Å². The molecule has 0 aromatic heterocycles. The molecule has 0 aliphatic heterocycles. The summed E-state index contributed by atoms with van der Waals surface area (Å²) in [5, 5.41) is 2.50. The van der Waals surface area contributed by atoms with Gasteiger partial charge in [-0.15, -0.1) is 0 Å². The van der Waals surface area contributed by atoms with Gasteiger partial charge in [-0.1, -0.05) is 182 Å². The Bertz CT molecular complexity index is 2610. The Morgan fingerprint density at radius 1 is 0.208 bits per heavy atom. The molecule has 9 aromatic rings. The maximum atomic E-state index is 2.37. The largest absolute Gasteiger partial charge is 0.310 e. The topological polar surface area (TPSA) is 3.24 Å². The van der Waals surface area contributed by atoms with Crippen molar-refractivity contribution in [3.8, 4) is 55.6 Å². The average molecular weight is 676 g/mol. The third kappa shape index (κ3) is 6.65. The molecule has 9 rings (SSSR count). The Labute approximate surface area is 311 Å². The molecule has 9 aromatic carbocycles. The lowest BCUT2D eigenvalue weighted by Gasteiger charge is -2.27. The predicted molar refractivity (Wildman–Crippen MR) is 226 cm³/mol. The second-order valence-corrected chi connectivity index (χ2v) is 13.4. The van der Waals surface area contributed by atoms with Crippen LogP contribution in [0.1, 0.15) is 0 Å². The van der Waals surface area contributed by atoms with Gasteiger partial charge in [-0.05, 0) is 109 Å². The number of nitrogens with zero attached hydrogens (tertiary/aromatic N) is 1. The summed E-state index contributed by atoms with van der Waals surface area (Å²) in [4.78, 5) is 2.37. The van der Waals surface area contributed by atoms with E-state index in [1.807, 2.05) is 0 Å². The quantitative estimate of drug-likeness (QED) is 0.155. The maximum absolute atomic E-state index is 2.37. The molecule has 0 aliphatic rings. The lowest BCUT2D eigenvalue weighted by molar-refractivity contribution is 1.28. The molecular formula is C52H37N. The number of anilines is 3. The summed E-state index contributed by atoms with van der Waals surface area (Å²) in [6.45, 7) is 0. The SMILES string of the molecule is c1ccc(-c2ccc(-c3ccc(N(c4ccc(-c5ccc6ccccc6c5)cc4)c4ccc(-c5ccccc5)c(-c5ccccc5)c4)cc3)cc2)cc1. The van der Waals surface area contributed by atoms with Gasteiger partial charge in [0, 0.05) is 17.1 Å². The van der Waals surface area contributed by atoms with E-state index >= 15 is 0 Å². The van der Waals surface area contributed by atoms with Crippen molar-refractivity contribution < 1.29 is 0 Å². The van der Waals surface area contributed by atoms with Crippen LogP contribution in [0.5, 0.6) is 0 Å². The van der Waals surface area contributed by atoms with E-state index in [0.29, 0.717) is 0 Å². The van der Waals surface area contributed by atoms with Crippen molar-refractivity contribution in [1.29, 1.82) is 0 Å². The zero-order chi connectivity index (χ0) is 35.4. The maximum Gasteiger partial charge on any atom is 0.0468 e. The van der Waals surface area contributed by atoms with Crippen molar-refractivity contribution >= 4 is 27.8 Å². The fourth-order valence-corrected chi connectivity index (χ4v) is 7.31. The highest BCUT2D eigenvalue weighted by Gasteiger charge is 2.17. The fraction of sp³-hybridized carbons (Fsp3) is 0. The van der Waals surface area contributed by atoms with Gasteiger partial charge in [0.1, 0.15) is 0 Å². The van der Waals surface area contributed by atoms with Gasteiger partial charge in [0.15, 0.2) is 0 Å². The van der Waals surface area contributed by atoms with Gasteiger partial charge in [-0.3, -0.25) is 0 Å². The van der Waals surface area contributed by atoms with E-state index < -0.39 is 0 Å². The van der Waals surface area contributed by atoms with Crippen LogP contribution in [-0.4, -0.2) is 0 Å². The summed E-state index contributed by atoms with van der Waals surface area (Å²) in [5.74, 6) is 0. The molecule has 0 heterocycles. The van der Waals surface area contributed by atoms with E-state index in [1.165, 1.54) is 66.4 Å². The van der Waals surface area contributed by atoms with Crippen LogP contribution < -0.4 is 4.90 Å². The highest BCUT2D eigenvalue weighted by Crippen LogP contribution is 2.41. The van der Waals surface area contributed by atoms with Crippen LogP contribution in [0, 0.1) is 0 Å². The smallest absolute Gasteiger partial charge is 0.0468 e. The third-order valence-corrected chi connectivity index (χ3v) is 10.1. The Balaban J connectivity index is 1.12. The zero-order valence-corrected chi connectivity index (χ0v) is 29.3. The molecule has 0 saturated carbocycles. The Kier molecular flexibility index (Phi) is 8.66. The van der Waals surface area contributed by atoms with Crippen LogP contribution in [-0.2, 0) is 0 Å². The molecule has 0 saturated heterocycles. The van der Waals surface area contributed by atoms with Crippen LogP contribution in [0.4, 0.5) is 17.1 Å². The second-order valence-electron chi connectivity index (χ2n) is 13.4. The van der Waals surface area contributed by atoms with Gasteiger partial charge in [0.05, 0.1) is 0 Å². The van der Waals surface area contributed by atoms with Gasteiger partial charge in [-0.25, -0.2) is 0 Å². The van der Waals surface area contributed by atoms with Crippen LogP contribution in [0.3, 0.4) is 0 Å². The summed E-state index contributed by atoms with van der Waals surface area (Å²) in [6, 6.07) is 80.8. The fourth-order valence-electron chi connectivity index (χ4n) is 7.31. The molecule has 0 aliphatic carbocycles. The summed E-state index contributed by atoms with van der Waals surface area (Å²) in [7, 11) is 0. The molecule has 0 fully saturated rings.